The molecule has 0 amide bonds. The number of rotatable bonds is 5. The van der Waals surface area contributed by atoms with Crippen molar-refractivity contribution >= 4 is 5.97 Å². The highest BCUT2D eigenvalue weighted by Gasteiger charge is 2.21. The van der Waals surface area contributed by atoms with Crippen LogP contribution in [-0.2, 0) is 17.8 Å². The minimum atomic E-state index is -0.774. The van der Waals surface area contributed by atoms with Crippen molar-refractivity contribution in [2.75, 3.05) is 26.7 Å². The van der Waals surface area contributed by atoms with E-state index >= 15 is 0 Å². The minimum absolute atomic E-state index is 0.104. The summed E-state index contributed by atoms with van der Waals surface area (Å²) in [4.78, 5) is 15.7. The van der Waals surface area contributed by atoms with Crippen LogP contribution in [0, 0.1) is 0 Å². The molecule has 4 heteroatoms. The summed E-state index contributed by atoms with van der Waals surface area (Å²) in [7, 11) is 2.20. The Morgan fingerprint density at radius 3 is 2.52 bits per heavy atom. The highest BCUT2D eigenvalue weighted by atomic mass is 16.4. The normalized spacial score (nSPS) is 21.1. The van der Waals surface area contributed by atoms with Crippen LogP contribution in [0.3, 0.4) is 0 Å². The predicted molar refractivity (Wildman–Crippen MR) is 84.4 cm³/mol. The largest absolute Gasteiger partial charge is 0.481 e. The third-order valence-corrected chi connectivity index (χ3v) is 4.26. The number of carboxylic acid groups (broad SMARTS) is 1. The summed E-state index contributed by atoms with van der Waals surface area (Å²) in [5.41, 5.74) is 2.14. The van der Waals surface area contributed by atoms with Gasteiger partial charge >= 0.3 is 5.97 Å². The summed E-state index contributed by atoms with van der Waals surface area (Å²) in [6.45, 7) is 6.66. The Labute approximate surface area is 127 Å². The van der Waals surface area contributed by atoms with E-state index in [2.05, 4.69) is 35.9 Å². The summed E-state index contributed by atoms with van der Waals surface area (Å²) in [5.74, 6) is -0.774. The molecule has 0 aliphatic carbocycles. The zero-order valence-corrected chi connectivity index (χ0v) is 13.1. The number of benzene rings is 1. The molecule has 1 heterocycles. The van der Waals surface area contributed by atoms with Gasteiger partial charge in [0.2, 0.25) is 0 Å². The molecular formula is C17H26N2O2. The fraction of sp³-hybridized carbons (Fsp3) is 0.588. The number of hydrogen-bond acceptors (Lipinski definition) is 3. The van der Waals surface area contributed by atoms with Gasteiger partial charge in [-0.15, -0.1) is 0 Å². The summed E-state index contributed by atoms with van der Waals surface area (Å²) < 4.78 is 0. The van der Waals surface area contributed by atoms with Gasteiger partial charge in [0.1, 0.15) is 0 Å². The molecule has 0 bridgehead atoms. The van der Waals surface area contributed by atoms with Crippen molar-refractivity contribution in [3.63, 3.8) is 0 Å². The Kier molecular flexibility index (Phi) is 5.76. The van der Waals surface area contributed by atoms with Crippen molar-refractivity contribution < 1.29 is 9.90 Å². The quantitative estimate of drug-likeness (QED) is 0.903. The molecular weight excluding hydrogens is 264 g/mol. The van der Waals surface area contributed by atoms with Crippen LogP contribution in [0.5, 0.6) is 0 Å². The minimum Gasteiger partial charge on any atom is -0.481 e. The van der Waals surface area contributed by atoms with Gasteiger partial charge in [0, 0.05) is 25.7 Å². The highest BCUT2D eigenvalue weighted by molar-refractivity contribution is 5.70. The lowest BCUT2D eigenvalue weighted by atomic mass is 10.1. The summed E-state index contributed by atoms with van der Waals surface area (Å²) in [6, 6.07) is 8.62. The highest BCUT2D eigenvalue weighted by Crippen LogP contribution is 2.16. The maximum atomic E-state index is 10.7. The van der Waals surface area contributed by atoms with Gasteiger partial charge in [0.05, 0.1) is 6.42 Å². The van der Waals surface area contributed by atoms with E-state index in [4.69, 9.17) is 5.11 Å². The summed E-state index contributed by atoms with van der Waals surface area (Å²) in [5, 5.41) is 8.81. The number of aliphatic carboxylic acids is 1. The molecule has 0 radical (unpaired) electrons. The van der Waals surface area contributed by atoms with Crippen LogP contribution in [0.1, 0.15) is 30.9 Å². The maximum absolute atomic E-state index is 10.7. The molecule has 0 saturated carbocycles. The van der Waals surface area contributed by atoms with E-state index in [0.717, 1.165) is 25.2 Å². The van der Waals surface area contributed by atoms with E-state index in [1.54, 1.807) is 0 Å². The monoisotopic (exact) mass is 290 g/mol. The molecule has 1 atom stereocenters. The van der Waals surface area contributed by atoms with Gasteiger partial charge in [0.25, 0.3) is 0 Å². The first-order chi connectivity index (χ1) is 10.1. The van der Waals surface area contributed by atoms with Gasteiger partial charge < -0.3 is 10.0 Å². The van der Waals surface area contributed by atoms with Gasteiger partial charge in [0.15, 0.2) is 0 Å². The molecule has 1 N–H and O–H groups in total. The Morgan fingerprint density at radius 1 is 1.24 bits per heavy atom. The van der Waals surface area contributed by atoms with Crippen molar-refractivity contribution in [3.8, 4) is 0 Å². The number of hydrogen-bond donors (Lipinski definition) is 1. The second-order valence-electron chi connectivity index (χ2n) is 6.04. The van der Waals surface area contributed by atoms with Crippen LogP contribution in [-0.4, -0.2) is 53.6 Å². The lowest BCUT2D eigenvalue weighted by Crippen LogP contribution is -2.39. The SMILES string of the molecule is CCC1CN(C)CCCN1Cc1ccc(CC(=O)O)cc1. The molecule has 1 aromatic rings. The summed E-state index contributed by atoms with van der Waals surface area (Å²) >= 11 is 0. The van der Waals surface area contributed by atoms with Gasteiger partial charge in [-0.25, -0.2) is 0 Å². The van der Waals surface area contributed by atoms with Gasteiger partial charge in [-0.1, -0.05) is 31.2 Å². The average molecular weight is 290 g/mol. The molecule has 2 rings (SSSR count). The van der Waals surface area contributed by atoms with Gasteiger partial charge in [-0.3, -0.25) is 9.69 Å². The number of carboxylic acids is 1. The second kappa shape index (κ2) is 7.57. The molecule has 4 nitrogen and oxygen atoms in total. The van der Waals surface area contributed by atoms with Gasteiger partial charge in [-0.05, 0) is 37.6 Å². The Balaban J connectivity index is 2.00. The lowest BCUT2D eigenvalue weighted by Gasteiger charge is -2.30. The molecule has 1 saturated heterocycles. The first-order valence-corrected chi connectivity index (χ1v) is 7.80. The molecule has 1 aliphatic heterocycles. The van der Waals surface area contributed by atoms with Crippen molar-refractivity contribution in [1.82, 2.24) is 9.80 Å². The molecule has 0 spiro atoms. The third kappa shape index (κ3) is 4.83. The predicted octanol–water partition coefficient (Wildman–Crippen LogP) is 2.23. The van der Waals surface area contributed by atoms with Crippen LogP contribution in [0.4, 0.5) is 0 Å². The lowest BCUT2D eigenvalue weighted by molar-refractivity contribution is -0.136. The van der Waals surface area contributed by atoms with Crippen molar-refractivity contribution in [2.45, 2.75) is 38.8 Å². The molecule has 0 aromatic heterocycles. The van der Waals surface area contributed by atoms with Crippen LogP contribution < -0.4 is 0 Å². The topological polar surface area (TPSA) is 43.8 Å². The van der Waals surface area contributed by atoms with E-state index in [-0.39, 0.29) is 6.42 Å². The zero-order chi connectivity index (χ0) is 15.2. The van der Waals surface area contributed by atoms with Gasteiger partial charge in [-0.2, -0.15) is 0 Å². The van der Waals surface area contributed by atoms with Crippen LogP contribution in [0.25, 0.3) is 0 Å². The van der Waals surface area contributed by atoms with Crippen LogP contribution in [0.2, 0.25) is 0 Å². The van der Waals surface area contributed by atoms with Crippen LogP contribution >= 0.6 is 0 Å². The molecule has 116 valence electrons. The fourth-order valence-electron chi connectivity index (χ4n) is 3.06. The summed E-state index contributed by atoms with van der Waals surface area (Å²) in [6.07, 6.45) is 2.48. The fourth-order valence-corrected chi connectivity index (χ4v) is 3.06. The van der Waals surface area contributed by atoms with E-state index < -0.39 is 5.97 Å². The Morgan fingerprint density at radius 2 is 1.90 bits per heavy atom. The van der Waals surface area contributed by atoms with E-state index in [1.807, 2.05) is 12.1 Å². The Bertz CT molecular complexity index is 458. The number of likely N-dealkylation sites (N-methyl/N-ethyl adjacent to an activating group) is 1. The first-order valence-electron chi connectivity index (χ1n) is 7.80. The molecule has 1 aromatic carbocycles. The second-order valence-corrected chi connectivity index (χ2v) is 6.04. The van der Waals surface area contributed by atoms with E-state index in [9.17, 15) is 4.79 Å². The molecule has 1 aliphatic rings. The van der Waals surface area contributed by atoms with E-state index in [0.29, 0.717) is 6.04 Å². The smallest absolute Gasteiger partial charge is 0.307 e. The molecule has 21 heavy (non-hydrogen) atoms. The third-order valence-electron chi connectivity index (χ3n) is 4.26. The molecule has 1 unspecified atom stereocenters. The van der Waals surface area contributed by atoms with Crippen molar-refractivity contribution in [1.29, 1.82) is 0 Å². The number of nitrogens with zero attached hydrogens (tertiary/aromatic N) is 2. The van der Waals surface area contributed by atoms with E-state index in [1.165, 1.54) is 24.9 Å². The molecule has 1 fully saturated rings. The van der Waals surface area contributed by atoms with Crippen molar-refractivity contribution in [3.05, 3.63) is 35.4 Å². The van der Waals surface area contributed by atoms with Crippen molar-refractivity contribution in [2.24, 2.45) is 0 Å². The first kappa shape index (κ1) is 16.0. The standard InChI is InChI=1S/C17H26N2O2/c1-3-16-13-18(2)9-4-10-19(16)12-15-7-5-14(6-8-15)11-17(20)21/h5-8,16H,3-4,9-13H2,1-2H3,(H,20,21). The maximum Gasteiger partial charge on any atom is 0.307 e. The van der Waals surface area contributed by atoms with Crippen LogP contribution in [0.15, 0.2) is 24.3 Å². The average Bonchev–Trinajstić information content (AvgIpc) is 2.62. The Hall–Kier alpha value is -1.39. The zero-order valence-electron chi connectivity index (χ0n) is 13.1. The number of carbonyl (C=O) groups is 1.